The summed E-state index contributed by atoms with van der Waals surface area (Å²) in [6.45, 7) is 2.89. The number of nitrogens with zero attached hydrogens (tertiary/aromatic N) is 4. The Kier molecular flexibility index (Phi) is 5.75. The number of hydrogen-bond acceptors (Lipinski definition) is 5. The van der Waals surface area contributed by atoms with E-state index in [4.69, 9.17) is 0 Å². The Hall–Kier alpha value is -1.90. The number of piperazine rings is 1. The Bertz CT molecular complexity index is 512. The summed E-state index contributed by atoms with van der Waals surface area (Å²) >= 11 is 0. The molecule has 0 saturated carbocycles. The fourth-order valence-electron chi connectivity index (χ4n) is 2.36. The molecule has 1 fully saturated rings. The molecule has 1 amide bonds. The summed E-state index contributed by atoms with van der Waals surface area (Å²) in [5.41, 5.74) is -0.861. The molecule has 1 N–H and O–H groups in total. The quantitative estimate of drug-likeness (QED) is 0.820. The van der Waals surface area contributed by atoms with Crippen LogP contribution in [0, 0.1) is 0 Å². The summed E-state index contributed by atoms with van der Waals surface area (Å²) in [7, 11) is 1.84. The highest BCUT2D eigenvalue weighted by Gasteiger charge is 2.32. The van der Waals surface area contributed by atoms with Gasteiger partial charge in [-0.05, 0) is 20.0 Å². The number of amides is 1. The highest BCUT2D eigenvalue weighted by atomic mass is 19.4. The van der Waals surface area contributed by atoms with Crippen LogP contribution in [-0.4, -0.2) is 60.5 Å². The van der Waals surface area contributed by atoms with Gasteiger partial charge in [0, 0.05) is 45.0 Å². The summed E-state index contributed by atoms with van der Waals surface area (Å²) in [5, 5.41) is 2.99. The predicted octanol–water partition coefficient (Wildman–Crippen LogP) is 1.14. The lowest BCUT2D eigenvalue weighted by Crippen LogP contribution is -2.49. The molecule has 2 heterocycles. The number of carbonyl (C=O) groups excluding carboxylic acids is 1. The minimum Gasteiger partial charge on any atom is -0.339 e. The number of alkyl halides is 3. The number of anilines is 1. The fraction of sp³-hybridized carbons (Fsp3) is 0.643. The second-order valence-corrected chi connectivity index (χ2v) is 5.34. The number of carbonyl (C=O) groups is 1. The van der Waals surface area contributed by atoms with Crippen molar-refractivity contribution in [1.82, 2.24) is 20.2 Å². The molecular weight excluding hydrogens is 311 g/mol. The van der Waals surface area contributed by atoms with Gasteiger partial charge in [0.2, 0.25) is 11.9 Å². The first kappa shape index (κ1) is 17.5. The normalized spacial score (nSPS) is 15.8. The zero-order valence-electron chi connectivity index (χ0n) is 12.9. The first-order valence-electron chi connectivity index (χ1n) is 7.48. The first-order chi connectivity index (χ1) is 10.9. The van der Waals surface area contributed by atoms with Crippen LogP contribution in [0.4, 0.5) is 19.1 Å². The lowest BCUT2D eigenvalue weighted by Gasteiger charge is -2.34. The molecule has 0 atom stereocenters. The van der Waals surface area contributed by atoms with E-state index in [-0.39, 0.29) is 11.9 Å². The van der Waals surface area contributed by atoms with E-state index in [0.717, 1.165) is 25.4 Å². The fourth-order valence-corrected chi connectivity index (χ4v) is 2.36. The van der Waals surface area contributed by atoms with Gasteiger partial charge in [0.25, 0.3) is 0 Å². The highest BCUT2D eigenvalue weighted by molar-refractivity contribution is 5.76. The standard InChI is InChI=1S/C14H20F3N5O/c1-18-4-2-3-12(23)21-5-7-22(8-6-21)13-19-9-11(10-20-13)14(15,16)17/h9-10,18H,2-8H2,1H3. The molecule has 9 heteroatoms. The second-order valence-electron chi connectivity index (χ2n) is 5.34. The first-order valence-corrected chi connectivity index (χ1v) is 7.48. The van der Waals surface area contributed by atoms with Gasteiger partial charge < -0.3 is 15.1 Å². The van der Waals surface area contributed by atoms with Crippen LogP contribution in [0.1, 0.15) is 18.4 Å². The topological polar surface area (TPSA) is 61.4 Å². The second kappa shape index (κ2) is 7.58. The molecule has 2 rings (SSSR count). The Labute approximate surface area is 132 Å². The minimum absolute atomic E-state index is 0.105. The molecule has 0 radical (unpaired) electrons. The van der Waals surface area contributed by atoms with Crippen molar-refractivity contribution in [2.24, 2.45) is 0 Å². The van der Waals surface area contributed by atoms with E-state index >= 15 is 0 Å². The third kappa shape index (κ3) is 4.78. The van der Waals surface area contributed by atoms with Crippen LogP contribution in [-0.2, 0) is 11.0 Å². The van der Waals surface area contributed by atoms with Crippen molar-refractivity contribution in [2.45, 2.75) is 19.0 Å². The van der Waals surface area contributed by atoms with E-state index in [9.17, 15) is 18.0 Å². The molecule has 0 bridgehead atoms. The zero-order valence-corrected chi connectivity index (χ0v) is 12.9. The van der Waals surface area contributed by atoms with Crippen molar-refractivity contribution in [2.75, 3.05) is 44.7 Å². The summed E-state index contributed by atoms with van der Waals surface area (Å²) in [6.07, 6.45) is -1.57. The third-order valence-corrected chi connectivity index (χ3v) is 3.70. The lowest BCUT2D eigenvalue weighted by atomic mass is 10.2. The Morgan fingerprint density at radius 2 is 1.83 bits per heavy atom. The molecule has 1 aliphatic heterocycles. The van der Waals surface area contributed by atoms with Gasteiger partial charge in [-0.1, -0.05) is 0 Å². The van der Waals surface area contributed by atoms with Gasteiger partial charge >= 0.3 is 6.18 Å². The largest absolute Gasteiger partial charge is 0.419 e. The van der Waals surface area contributed by atoms with Gasteiger partial charge in [-0.3, -0.25) is 4.79 Å². The van der Waals surface area contributed by atoms with Crippen molar-refractivity contribution in [3.05, 3.63) is 18.0 Å². The molecule has 1 aromatic heterocycles. The number of hydrogen-bond donors (Lipinski definition) is 1. The van der Waals surface area contributed by atoms with Crippen molar-refractivity contribution >= 4 is 11.9 Å². The Morgan fingerprint density at radius 3 is 2.35 bits per heavy atom. The predicted molar refractivity (Wildman–Crippen MR) is 79.0 cm³/mol. The average Bonchev–Trinajstić information content (AvgIpc) is 2.54. The maximum atomic E-state index is 12.5. The number of nitrogens with one attached hydrogen (secondary N) is 1. The highest BCUT2D eigenvalue weighted by Crippen LogP contribution is 2.28. The Morgan fingerprint density at radius 1 is 1.22 bits per heavy atom. The summed E-state index contributed by atoms with van der Waals surface area (Å²) in [4.78, 5) is 23.1. The zero-order chi connectivity index (χ0) is 16.9. The van der Waals surface area contributed by atoms with E-state index in [1.54, 1.807) is 9.80 Å². The smallest absolute Gasteiger partial charge is 0.339 e. The molecule has 1 aliphatic rings. The number of halogens is 3. The summed E-state index contributed by atoms with van der Waals surface area (Å²) in [5.74, 6) is 0.369. The van der Waals surface area contributed by atoms with Crippen LogP contribution in [0.2, 0.25) is 0 Å². The maximum Gasteiger partial charge on any atom is 0.419 e. The maximum absolute atomic E-state index is 12.5. The molecule has 128 valence electrons. The number of rotatable bonds is 5. The van der Waals surface area contributed by atoms with Crippen LogP contribution in [0.25, 0.3) is 0 Å². The molecule has 1 saturated heterocycles. The Balaban J connectivity index is 1.85. The minimum atomic E-state index is -4.43. The van der Waals surface area contributed by atoms with E-state index < -0.39 is 11.7 Å². The molecular formula is C14H20F3N5O. The van der Waals surface area contributed by atoms with Crippen LogP contribution >= 0.6 is 0 Å². The SMILES string of the molecule is CNCCCC(=O)N1CCN(c2ncc(C(F)(F)F)cn2)CC1. The van der Waals surface area contributed by atoms with Crippen molar-refractivity contribution in [3.63, 3.8) is 0 Å². The van der Waals surface area contributed by atoms with Gasteiger partial charge in [0.1, 0.15) is 0 Å². The van der Waals surface area contributed by atoms with E-state index in [0.29, 0.717) is 32.6 Å². The van der Waals surface area contributed by atoms with Gasteiger partial charge in [-0.2, -0.15) is 13.2 Å². The third-order valence-electron chi connectivity index (χ3n) is 3.70. The summed E-state index contributed by atoms with van der Waals surface area (Å²) < 4.78 is 37.5. The summed E-state index contributed by atoms with van der Waals surface area (Å²) in [6, 6.07) is 0. The molecule has 0 aliphatic carbocycles. The van der Waals surface area contributed by atoms with E-state index in [1.165, 1.54) is 0 Å². The van der Waals surface area contributed by atoms with Gasteiger partial charge in [0.15, 0.2) is 0 Å². The van der Waals surface area contributed by atoms with Crippen LogP contribution in [0.5, 0.6) is 0 Å². The van der Waals surface area contributed by atoms with Gasteiger partial charge in [-0.25, -0.2) is 9.97 Å². The van der Waals surface area contributed by atoms with Gasteiger partial charge in [-0.15, -0.1) is 0 Å². The van der Waals surface area contributed by atoms with Crippen LogP contribution in [0.3, 0.4) is 0 Å². The van der Waals surface area contributed by atoms with Gasteiger partial charge in [0.05, 0.1) is 5.56 Å². The van der Waals surface area contributed by atoms with Crippen molar-refractivity contribution < 1.29 is 18.0 Å². The van der Waals surface area contributed by atoms with Crippen LogP contribution in [0.15, 0.2) is 12.4 Å². The van der Waals surface area contributed by atoms with E-state index in [2.05, 4.69) is 15.3 Å². The molecule has 1 aromatic rings. The monoisotopic (exact) mass is 331 g/mol. The number of aromatic nitrogens is 2. The van der Waals surface area contributed by atoms with Crippen LogP contribution < -0.4 is 10.2 Å². The van der Waals surface area contributed by atoms with E-state index in [1.807, 2.05) is 7.05 Å². The molecule has 0 spiro atoms. The molecule has 6 nitrogen and oxygen atoms in total. The van der Waals surface area contributed by atoms with Crippen molar-refractivity contribution in [1.29, 1.82) is 0 Å². The average molecular weight is 331 g/mol. The molecule has 23 heavy (non-hydrogen) atoms. The molecule has 0 unspecified atom stereocenters. The molecule has 0 aromatic carbocycles. The lowest BCUT2D eigenvalue weighted by molar-refractivity contribution is -0.138. The van der Waals surface area contributed by atoms with Crippen molar-refractivity contribution in [3.8, 4) is 0 Å².